The summed E-state index contributed by atoms with van der Waals surface area (Å²) >= 11 is 0. The molecule has 4 N–H and O–H groups in total. The van der Waals surface area contributed by atoms with Gasteiger partial charge >= 0.3 is 0 Å². The van der Waals surface area contributed by atoms with Crippen LogP contribution in [0.25, 0.3) is 10.9 Å². The quantitative estimate of drug-likeness (QED) is 0.207. The van der Waals surface area contributed by atoms with Crippen LogP contribution in [0.1, 0.15) is 24.8 Å². The number of nitrogens with one attached hydrogen (secondary N) is 2. The summed E-state index contributed by atoms with van der Waals surface area (Å²) in [6, 6.07) is 10.3. The summed E-state index contributed by atoms with van der Waals surface area (Å²) in [5.41, 5.74) is 2.54. The first kappa shape index (κ1) is 24.7. The maximum atomic E-state index is 13.3. The number of aromatic nitrogens is 1. The molecule has 1 aliphatic rings. The van der Waals surface area contributed by atoms with Crippen LogP contribution in [0, 0.1) is 0 Å². The molecule has 1 aliphatic heterocycles. The largest absolute Gasteiger partial charge is 0.508 e. The van der Waals surface area contributed by atoms with E-state index >= 15 is 0 Å². The number of hydroxylamine groups is 1. The molecule has 186 valence electrons. The second-order valence-electron chi connectivity index (χ2n) is 8.35. The minimum absolute atomic E-state index is 0.0518. The molecule has 0 spiro atoms. The minimum atomic E-state index is -4.10. The molecule has 10 nitrogen and oxygen atoms in total. The number of rotatable bonds is 8. The van der Waals surface area contributed by atoms with Gasteiger partial charge in [0.25, 0.3) is 5.91 Å². The summed E-state index contributed by atoms with van der Waals surface area (Å²) in [6.45, 7) is 0.486. The lowest BCUT2D eigenvalue weighted by Gasteiger charge is -2.34. The Labute approximate surface area is 201 Å². The Morgan fingerprint density at radius 2 is 1.86 bits per heavy atom. The van der Waals surface area contributed by atoms with Crippen LogP contribution < -0.4 is 15.6 Å². The lowest BCUT2D eigenvalue weighted by atomic mass is 9.98. The number of pyridine rings is 1. The Kier molecular flexibility index (Phi) is 7.10. The Bertz CT molecular complexity index is 1380. The molecule has 2 aromatic carbocycles. The van der Waals surface area contributed by atoms with E-state index in [1.54, 1.807) is 12.3 Å². The van der Waals surface area contributed by atoms with Crippen LogP contribution in [0.4, 0.5) is 0 Å². The first-order chi connectivity index (χ1) is 16.8. The molecule has 11 heteroatoms. The summed E-state index contributed by atoms with van der Waals surface area (Å²) in [5, 5.41) is 19.2. The number of carbonyl (C=O) groups excluding carboxylic acids is 1. The molecule has 1 aromatic heterocycles. The first-order valence-corrected chi connectivity index (χ1v) is 12.6. The number of ether oxygens (including phenoxy) is 2. The van der Waals surface area contributed by atoms with Crippen LogP contribution in [0.15, 0.2) is 58.4 Å². The van der Waals surface area contributed by atoms with Gasteiger partial charge < -0.3 is 19.6 Å². The Morgan fingerprint density at radius 1 is 1.14 bits per heavy atom. The highest BCUT2D eigenvalue weighted by Crippen LogP contribution is 2.35. The summed E-state index contributed by atoms with van der Waals surface area (Å²) in [5.74, 6) is -0.450. The van der Waals surface area contributed by atoms with Gasteiger partial charge in [0.05, 0.1) is 17.0 Å². The third-order valence-electron chi connectivity index (χ3n) is 6.26. The number of H-pyrrole nitrogens is 1. The Balaban J connectivity index is 1.39. The van der Waals surface area contributed by atoms with E-state index in [4.69, 9.17) is 14.7 Å². The zero-order chi connectivity index (χ0) is 25.1. The van der Waals surface area contributed by atoms with Crippen molar-refractivity contribution in [1.29, 1.82) is 0 Å². The van der Waals surface area contributed by atoms with E-state index in [-0.39, 0.29) is 42.1 Å². The summed E-state index contributed by atoms with van der Waals surface area (Å²) < 4.78 is 35.6. The van der Waals surface area contributed by atoms with E-state index in [0.29, 0.717) is 41.7 Å². The number of fused-ring (bicyclic) bond motifs is 1. The van der Waals surface area contributed by atoms with Gasteiger partial charge in [-0.3, -0.25) is 14.8 Å². The van der Waals surface area contributed by atoms with Crippen LogP contribution in [0.2, 0.25) is 0 Å². The van der Waals surface area contributed by atoms with Crippen molar-refractivity contribution in [2.24, 2.45) is 0 Å². The zero-order valence-electron chi connectivity index (χ0n) is 18.8. The van der Waals surface area contributed by atoms with E-state index < -0.39 is 20.5 Å². The lowest BCUT2D eigenvalue weighted by Crippen LogP contribution is -2.54. The number of hydrogen-bond donors (Lipinski definition) is 4. The lowest BCUT2D eigenvalue weighted by molar-refractivity contribution is -0.134. The average Bonchev–Trinajstić information content (AvgIpc) is 2.87. The number of phenolic OH excluding ortho intramolecular Hbond substituents is 1. The maximum Gasteiger partial charge on any atom is 0.265 e. The highest BCUT2D eigenvalue weighted by Gasteiger charge is 2.52. The van der Waals surface area contributed by atoms with Crippen molar-refractivity contribution in [1.82, 2.24) is 10.5 Å². The van der Waals surface area contributed by atoms with Gasteiger partial charge in [-0.05, 0) is 62.1 Å². The molecular formula is C24H26N2O8S. The van der Waals surface area contributed by atoms with Crippen LogP contribution >= 0.6 is 0 Å². The van der Waals surface area contributed by atoms with E-state index in [0.717, 1.165) is 0 Å². The van der Waals surface area contributed by atoms with E-state index in [1.165, 1.54) is 41.9 Å². The fourth-order valence-electron chi connectivity index (χ4n) is 4.25. The summed E-state index contributed by atoms with van der Waals surface area (Å²) in [6.07, 6.45) is 2.52. The standard InChI is InChI=1S/C24H26N2O8S/c27-17-3-8-20-21(14-17)25-15-16(22(20)28)2-1-11-34-18-4-6-19(7-5-18)35(31,32)24(23(29)26-30)9-12-33-13-10-24/h3-8,14-15,27,30H,1-2,9-13H2,(H,25,28)(H,26,29). The molecule has 35 heavy (non-hydrogen) atoms. The fraction of sp³-hybridized carbons (Fsp3) is 0.333. The molecule has 0 radical (unpaired) electrons. The van der Waals surface area contributed by atoms with Crippen molar-refractivity contribution >= 4 is 26.6 Å². The number of aromatic amines is 1. The number of carbonyl (C=O) groups is 1. The Hall–Kier alpha value is -3.41. The summed E-state index contributed by atoms with van der Waals surface area (Å²) in [7, 11) is -4.10. The third-order valence-corrected chi connectivity index (χ3v) is 8.78. The minimum Gasteiger partial charge on any atom is -0.508 e. The van der Waals surface area contributed by atoms with Crippen molar-refractivity contribution in [3.05, 3.63) is 64.4 Å². The van der Waals surface area contributed by atoms with Crippen molar-refractivity contribution < 1.29 is 33.0 Å². The zero-order valence-corrected chi connectivity index (χ0v) is 19.6. The average molecular weight is 503 g/mol. The molecule has 3 aromatic rings. The summed E-state index contributed by atoms with van der Waals surface area (Å²) in [4.78, 5) is 27.9. The molecule has 1 fully saturated rings. The highest BCUT2D eigenvalue weighted by molar-refractivity contribution is 7.93. The number of aryl methyl sites for hydroxylation is 1. The predicted molar refractivity (Wildman–Crippen MR) is 126 cm³/mol. The van der Waals surface area contributed by atoms with Crippen LogP contribution in [-0.2, 0) is 25.8 Å². The van der Waals surface area contributed by atoms with Gasteiger partial charge in [-0.1, -0.05) is 0 Å². The molecule has 1 saturated heterocycles. The molecular weight excluding hydrogens is 476 g/mol. The number of benzene rings is 2. The molecule has 0 saturated carbocycles. The number of phenols is 1. The molecule has 0 aliphatic carbocycles. The smallest absolute Gasteiger partial charge is 0.265 e. The fourth-order valence-corrected chi connectivity index (χ4v) is 6.19. The van der Waals surface area contributed by atoms with Crippen molar-refractivity contribution in [3.63, 3.8) is 0 Å². The number of aromatic hydroxyl groups is 1. The van der Waals surface area contributed by atoms with E-state index in [1.807, 2.05) is 0 Å². The first-order valence-electron chi connectivity index (χ1n) is 11.1. The van der Waals surface area contributed by atoms with E-state index in [2.05, 4.69) is 4.98 Å². The Morgan fingerprint density at radius 3 is 2.54 bits per heavy atom. The monoisotopic (exact) mass is 502 g/mol. The third kappa shape index (κ3) is 4.75. The molecule has 0 unspecified atom stereocenters. The number of hydrogen-bond acceptors (Lipinski definition) is 8. The van der Waals surface area contributed by atoms with Crippen LogP contribution in [0.3, 0.4) is 0 Å². The molecule has 1 amide bonds. The van der Waals surface area contributed by atoms with Gasteiger partial charge in [0, 0.05) is 36.4 Å². The van der Waals surface area contributed by atoms with Crippen molar-refractivity contribution in [2.75, 3.05) is 19.8 Å². The van der Waals surface area contributed by atoms with Crippen molar-refractivity contribution in [3.8, 4) is 11.5 Å². The molecule has 0 atom stereocenters. The molecule has 0 bridgehead atoms. The van der Waals surface area contributed by atoms with Gasteiger partial charge in [-0.2, -0.15) is 0 Å². The predicted octanol–water partition coefficient (Wildman–Crippen LogP) is 2.07. The number of sulfone groups is 1. The van der Waals surface area contributed by atoms with Gasteiger partial charge in [0.15, 0.2) is 20.0 Å². The van der Waals surface area contributed by atoms with Gasteiger partial charge in [0.1, 0.15) is 11.5 Å². The van der Waals surface area contributed by atoms with E-state index in [9.17, 15) is 23.1 Å². The van der Waals surface area contributed by atoms with Crippen LogP contribution in [-0.4, -0.2) is 54.2 Å². The SMILES string of the molecule is O=C(NO)C1(S(=O)(=O)c2ccc(OCCCc3c[nH]c4cc(O)ccc4c3=O)cc2)CCOCC1. The normalized spacial score (nSPS) is 15.6. The second kappa shape index (κ2) is 10.1. The number of amides is 1. The maximum absolute atomic E-state index is 13.3. The van der Waals surface area contributed by atoms with Gasteiger partial charge in [0.2, 0.25) is 0 Å². The highest BCUT2D eigenvalue weighted by atomic mass is 32.2. The van der Waals surface area contributed by atoms with Gasteiger partial charge in [-0.25, -0.2) is 13.9 Å². The second-order valence-corrected chi connectivity index (χ2v) is 10.6. The molecule has 2 heterocycles. The van der Waals surface area contributed by atoms with Crippen molar-refractivity contribution in [2.45, 2.75) is 35.3 Å². The molecule has 4 rings (SSSR count). The van der Waals surface area contributed by atoms with Crippen LogP contribution in [0.5, 0.6) is 11.5 Å². The van der Waals surface area contributed by atoms with Gasteiger partial charge in [-0.15, -0.1) is 0 Å². The topological polar surface area (TPSA) is 155 Å².